The van der Waals surface area contributed by atoms with Crippen LogP contribution in [0.25, 0.3) is 0 Å². The molecule has 21 heavy (non-hydrogen) atoms. The molecular formula is C18H27FN2. The summed E-state index contributed by atoms with van der Waals surface area (Å²) in [6.45, 7) is 3.96. The van der Waals surface area contributed by atoms with Crippen LogP contribution >= 0.6 is 0 Å². The molecule has 1 aliphatic carbocycles. The molecule has 3 rings (SSSR count). The molecule has 2 aliphatic rings. The molecule has 2 N–H and O–H groups in total. The van der Waals surface area contributed by atoms with Crippen LogP contribution in [0.4, 0.5) is 10.1 Å². The number of halogens is 1. The molecule has 1 saturated carbocycles. The van der Waals surface area contributed by atoms with Gasteiger partial charge in [-0.2, -0.15) is 0 Å². The van der Waals surface area contributed by atoms with Gasteiger partial charge in [-0.25, -0.2) is 4.39 Å². The maximum Gasteiger partial charge on any atom is 0.146 e. The number of piperidine rings is 1. The van der Waals surface area contributed by atoms with Crippen molar-refractivity contribution in [3.8, 4) is 0 Å². The number of hydrogen-bond donors (Lipinski definition) is 1. The Balaban J connectivity index is 1.67. The summed E-state index contributed by atoms with van der Waals surface area (Å²) in [4.78, 5) is 2.23. The van der Waals surface area contributed by atoms with Crippen LogP contribution in [0, 0.1) is 11.2 Å². The Morgan fingerprint density at radius 1 is 1.19 bits per heavy atom. The minimum atomic E-state index is -0.0875. The number of benzene rings is 1. The van der Waals surface area contributed by atoms with E-state index in [1.165, 1.54) is 38.5 Å². The van der Waals surface area contributed by atoms with Crippen LogP contribution < -0.4 is 10.6 Å². The third-order valence-corrected chi connectivity index (χ3v) is 5.40. The summed E-state index contributed by atoms with van der Waals surface area (Å²) in [5.41, 5.74) is 8.14. The normalized spacial score (nSPS) is 22.7. The van der Waals surface area contributed by atoms with Crippen molar-refractivity contribution in [2.24, 2.45) is 11.1 Å². The highest BCUT2D eigenvalue weighted by molar-refractivity contribution is 5.49. The molecule has 1 heterocycles. The van der Waals surface area contributed by atoms with Crippen molar-refractivity contribution >= 4 is 5.69 Å². The Kier molecular flexibility index (Phi) is 4.21. The number of hydrogen-bond acceptors (Lipinski definition) is 2. The van der Waals surface area contributed by atoms with Crippen LogP contribution in [0.3, 0.4) is 0 Å². The predicted octanol–water partition coefficient (Wildman–Crippen LogP) is 3.88. The summed E-state index contributed by atoms with van der Waals surface area (Å²) in [6.07, 6.45) is 8.75. The zero-order valence-corrected chi connectivity index (χ0v) is 13.1. The van der Waals surface area contributed by atoms with E-state index in [2.05, 4.69) is 4.90 Å². The van der Waals surface area contributed by atoms with Gasteiger partial charge in [0.05, 0.1) is 5.69 Å². The lowest BCUT2D eigenvalue weighted by Gasteiger charge is -2.40. The SMILES string of the molecule is CC(N)Cc1ccc(N2CCC3(CCCC3)CC2)c(F)c1. The smallest absolute Gasteiger partial charge is 0.146 e. The Morgan fingerprint density at radius 2 is 1.86 bits per heavy atom. The first kappa shape index (κ1) is 14.8. The van der Waals surface area contributed by atoms with Crippen LogP contribution in [-0.4, -0.2) is 19.1 Å². The molecule has 1 aromatic carbocycles. The molecule has 3 heteroatoms. The van der Waals surface area contributed by atoms with E-state index >= 15 is 0 Å². The fourth-order valence-corrected chi connectivity index (χ4v) is 4.15. The van der Waals surface area contributed by atoms with Crippen LogP contribution in [0.15, 0.2) is 18.2 Å². The molecule has 2 nitrogen and oxygen atoms in total. The van der Waals surface area contributed by atoms with E-state index in [1.807, 2.05) is 19.1 Å². The van der Waals surface area contributed by atoms with Gasteiger partial charge in [0.2, 0.25) is 0 Å². The molecule has 0 aromatic heterocycles. The van der Waals surface area contributed by atoms with Gasteiger partial charge in [0.25, 0.3) is 0 Å². The van der Waals surface area contributed by atoms with Crippen molar-refractivity contribution in [3.05, 3.63) is 29.6 Å². The van der Waals surface area contributed by atoms with E-state index in [0.717, 1.165) is 30.8 Å². The van der Waals surface area contributed by atoms with Gasteiger partial charge in [0.15, 0.2) is 0 Å². The van der Waals surface area contributed by atoms with E-state index in [4.69, 9.17) is 5.73 Å². The minimum Gasteiger partial charge on any atom is -0.369 e. The highest BCUT2D eigenvalue weighted by Gasteiger charge is 2.37. The fourth-order valence-electron chi connectivity index (χ4n) is 4.15. The first-order chi connectivity index (χ1) is 10.1. The molecule has 1 saturated heterocycles. The predicted molar refractivity (Wildman–Crippen MR) is 86.1 cm³/mol. The van der Waals surface area contributed by atoms with Crippen molar-refractivity contribution in [2.45, 2.75) is 57.9 Å². The second kappa shape index (κ2) is 5.96. The third-order valence-electron chi connectivity index (χ3n) is 5.40. The summed E-state index contributed by atoms with van der Waals surface area (Å²) >= 11 is 0. The van der Waals surface area contributed by atoms with Crippen LogP contribution in [0.1, 0.15) is 51.0 Å². The van der Waals surface area contributed by atoms with E-state index in [0.29, 0.717) is 5.41 Å². The molecular weight excluding hydrogens is 263 g/mol. The van der Waals surface area contributed by atoms with Gasteiger partial charge in [0, 0.05) is 19.1 Å². The van der Waals surface area contributed by atoms with Gasteiger partial charge < -0.3 is 10.6 Å². The first-order valence-electron chi connectivity index (χ1n) is 8.37. The fraction of sp³-hybridized carbons (Fsp3) is 0.667. The van der Waals surface area contributed by atoms with Gasteiger partial charge in [-0.3, -0.25) is 0 Å². The maximum atomic E-state index is 14.4. The van der Waals surface area contributed by atoms with Gasteiger partial charge in [-0.15, -0.1) is 0 Å². The van der Waals surface area contributed by atoms with E-state index < -0.39 is 0 Å². The summed E-state index contributed by atoms with van der Waals surface area (Å²) in [6, 6.07) is 5.72. The van der Waals surface area contributed by atoms with Crippen molar-refractivity contribution in [2.75, 3.05) is 18.0 Å². The lowest BCUT2D eigenvalue weighted by Crippen LogP contribution is -2.39. The zero-order chi connectivity index (χ0) is 14.9. The Hall–Kier alpha value is -1.09. The summed E-state index contributed by atoms with van der Waals surface area (Å²) in [7, 11) is 0. The maximum absolute atomic E-state index is 14.4. The number of nitrogens with two attached hydrogens (primary N) is 1. The molecule has 1 aliphatic heterocycles. The highest BCUT2D eigenvalue weighted by Crippen LogP contribution is 2.46. The van der Waals surface area contributed by atoms with Crippen molar-refractivity contribution in [1.82, 2.24) is 0 Å². The Labute approximate surface area is 127 Å². The second-order valence-corrected chi connectivity index (χ2v) is 7.16. The molecule has 1 spiro atoms. The average Bonchev–Trinajstić information content (AvgIpc) is 2.88. The summed E-state index contributed by atoms with van der Waals surface area (Å²) in [5, 5.41) is 0. The third kappa shape index (κ3) is 3.23. The van der Waals surface area contributed by atoms with Gasteiger partial charge >= 0.3 is 0 Å². The van der Waals surface area contributed by atoms with E-state index in [9.17, 15) is 4.39 Å². The molecule has 116 valence electrons. The van der Waals surface area contributed by atoms with Crippen LogP contribution in [-0.2, 0) is 6.42 Å². The molecule has 0 bridgehead atoms. The number of rotatable bonds is 3. The van der Waals surface area contributed by atoms with Gasteiger partial charge in [-0.05, 0) is 62.1 Å². The Bertz CT molecular complexity index is 482. The molecule has 1 aromatic rings. The molecule has 1 unspecified atom stereocenters. The monoisotopic (exact) mass is 290 g/mol. The van der Waals surface area contributed by atoms with Gasteiger partial charge in [0.1, 0.15) is 5.82 Å². The van der Waals surface area contributed by atoms with E-state index in [-0.39, 0.29) is 11.9 Å². The first-order valence-corrected chi connectivity index (χ1v) is 8.37. The summed E-state index contributed by atoms with van der Waals surface area (Å²) in [5.74, 6) is -0.0875. The van der Waals surface area contributed by atoms with Crippen LogP contribution in [0.2, 0.25) is 0 Å². The average molecular weight is 290 g/mol. The van der Waals surface area contributed by atoms with E-state index in [1.54, 1.807) is 6.07 Å². The number of anilines is 1. The lowest BCUT2D eigenvalue weighted by atomic mass is 9.77. The topological polar surface area (TPSA) is 29.3 Å². The second-order valence-electron chi connectivity index (χ2n) is 7.16. The molecule has 1 atom stereocenters. The van der Waals surface area contributed by atoms with Crippen molar-refractivity contribution in [3.63, 3.8) is 0 Å². The molecule has 2 fully saturated rings. The summed E-state index contributed by atoms with van der Waals surface area (Å²) < 4.78 is 14.4. The minimum absolute atomic E-state index is 0.0764. The highest BCUT2D eigenvalue weighted by atomic mass is 19.1. The quantitative estimate of drug-likeness (QED) is 0.915. The van der Waals surface area contributed by atoms with Gasteiger partial charge in [-0.1, -0.05) is 18.9 Å². The molecule has 0 radical (unpaired) electrons. The Morgan fingerprint density at radius 3 is 2.43 bits per heavy atom. The van der Waals surface area contributed by atoms with Crippen LogP contribution in [0.5, 0.6) is 0 Å². The largest absolute Gasteiger partial charge is 0.369 e. The van der Waals surface area contributed by atoms with Crippen molar-refractivity contribution in [1.29, 1.82) is 0 Å². The lowest BCUT2D eigenvalue weighted by molar-refractivity contribution is 0.226. The van der Waals surface area contributed by atoms with Crippen molar-refractivity contribution < 1.29 is 4.39 Å². The zero-order valence-electron chi connectivity index (χ0n) is 13.1. The standard InChI is InChI=1S/C18H27FN2/c1-14(20)12-15-4-5-17(16(19)13-15)21-10-8-18(9-11-21)6-2-3-7-18/h4-5,13-14H,2-3,6-12,20H2,1H3. The molecule has 0 amide bonds. The number of nitrogens with zero attached hydrogens (tertiary/aromatic N) is 1.